The van der Waals surface area contributed by atoms with Gasteiger partial charge in [0.15, 0.2) is 5.78 Å². The molecule has 2 aromatic rings. The number of carbonyl (C=O) groups is 1. The second-order valence-corrected chi connectivity index (χ2v) is 6.13. The topological polar surface area (TPSA) is 30.0 Å². The molecule has 0 bridgehead atoms. The number of Topliss-reactive ketones (excluding diaryl/α,β-unsaturated/α-hetero) is 1. The number of ketones is 1. The molecule has 3 rings (SSSR count). The fourth-order valence-electron chi connectivity index (χ4n) is 2.04. The Kier molecular flexibility index (Phi) is 3.03. The summed E-state index contributed by atoms with van der Waals surface area (Å²) < 4.78 is 14.1. The second kappa shape index (κ2) is 4.55. The van der Waals surface area contributed by atoms with E-state index in [1.165, 1.54) is 23.5 Å². The minimum Gasteiger partial charge on any atom is -0.292 e. The van der Waals surface area contributed by atoms with Gasteiger partial charge in [0.05, 0.1) is 0 Å². The molecule has 1 aromatic carbocycles. The van der Waals surface area contributed by atoms with Crippen LogP contribution in [-0.2, 0) is 6.42 Å². The summed E-state index contributed by atoms with van der Waals surface area (Å²) in [4.78, 5) is 17.1. The summed E-state index contributed by atoms with van der Waals surface area (Å²) in [5.74, 6) is -0.195. The Morgan fingerprint density at radius 1 is 1.33 bits per heavy atom. The molecule has 0 fully saturated rings. The number of hydrogen-bond acceptors (Lipinski definition) is 3. The van der Waals surface area contributed by atoms with E-state index in [9.17, 15) is 9.18 Å². The Bertz CT molecular complexity index is 638. The number of aromatic nitrogens is 1. The van der Waals surface area contributed by atoms with Crippen LogP contribution in [0, 0.1) is 5.82 Å². The highest BCUT2D eigenvalue weighted by molar-refractivity contribution is 9.10. The van der Waals surface area contributed by atoms with Gasteiger partial charge in [-0.25, -0.2) is 9.37 Å². The molecule has 92 valence electrons. The first kappa shape index (κ1) is 12.0. The number of halogens is 2. The van der Waals surface area contributed by atoms with Crippen molar-refractivity contribution in [1.29, 1.82) is 0 Å². The van der Waals surface area contributed by atoms with Crippen molar-refractivity contribution in [2.24, 2.45) is 0 Å². The maximum Gasteiger partial charge on any atom is 0.182 e. The molecule has 0 saturated carbocycles. The number of aryl methyl sites for hydroxylation is 1. The average molecular weight is 326 g/mol. The van der Waals surface area contributed by atoms with Crippen LogP contribution in [-0.4, -0.2) is 10.8 Å². The number of rotatable bonds is 1. The van der Waals surface area contributed by atoms with E-state index in [1.807, 2.05) is 0 Å². The van der Waals surface area contributed by atoms with Crippen LogP contribution < -0.4 is 0 Å². The number of fused-ring (bicyclic) bond motifs is 1. The average Bonchev–Trinajstić information content (AvgIpc) is 2.77. The highest BCUT2D eigenvalue weighted by Crippen LogP contribution is 2.36. The predicted octanol–water partition coefficient (Wildman–Crippen LogP) is 4.23. The molecule has 0 aliphatic heterocycles. The Morgan fingerprint density at radius 3 is 2.94 bits per heavy atom. The van der Waals surface area contributed by atoms with E-state index in [-0.39, 0.29) is 11.6 Å². The molecule has 1 aliphatic carbocycles. The van der Waals surface area contributed by atoms with Gasteiger partial charge < -0.3 is 0 Å². The van der Waals surface area contributed by atoms with Gasteiger partial charge in [0.25, 0.3) is 0 Å². The van der Waals surface area contributed by atoms with Crippen molar-refractivity contribution in [2.45, 2.75) is 19.3 Å². The zero-order chi connectivity index (χ0) is 12.7. The molecular formula is C13H9BrFNOS. The van der Waals surface area contributed by atoms with E-state index in [4.69, 9.17) is 0 Å². The monoisotopic (exact) mass is 325 g/mol. The molecule has 0 spiro atoms. The smallest absolute Gasteiger partial charge is 0.182 e. The second-order valence-electron chi connectivity index (χ2n) is 4.19. The van der Waals surface area contributed by atoms with Crippen LogP contribution in [0.2, 0.25) is 0 Å². The molecule has 18 heavy (non-hydrogen) atoms. The minimum absolute atomic E-state index is 0.103. The fourth-order valence-corrected chi connectivity index (χ4v) is 3.76. The number of hydrogen-bond donors (Lipinski definition) is 0. The zero-order valence-electron chi connectivity index (χ0n) is 9.37. The standard InChI is InChI=1S/C13H9BrFNOS/c14-9-5-4-7(15)6-8(9)13-16-12-10(17)2-1-3-11(12)18-13/h4-6H,1-3H2. The van der Waals surface area contributed by atoms with Gasteiger partial charge >= 0.3 is 0 Å². The lowest BCUT2D eigenvalue weighted by molar-refractivity contribution is 0.0968. The van der Waals surface area contributed by atoms with Crippen LogP contribution >= 0.6 is 27.3 Å². The van der Waals surface area contributed by atoms with Crippen LogP contribution in [0.15, 0.2) is 22.7 Å². The molecule has 2 nitrogen and oxygen atoms in total. The van der Waals surface area contributed by atoms with Crippen molar-refractivity contribution in [3.8, 4) is 10.6 Å². The Balaban J connectivity index is 2.13. The summed E-state index contributed by atoms with van der Waals surface area (Å²) in [7, 11) is 0. The van der Waals surface area contributed by atoms with E-state index >= 15 is 0 Å². The number of thiazole rings is 1. The van der Waals surface area contributed by atoms with Crippen molar-refractivity contribution < 1.29 is 9.18 Å². The van der Waals surface area contributed by atoms with Gasteiger partial charge in [0.2, 0.25) is 0 Å². The highest BCUT2D eigenvalue weighted by Gasteiger charge is 2.23. The van der Waals surface area contributed by atoms with Gasteiger partial charge in [-0.15, -0.1) is 11.3 Å². The van der Waals surface area contributed by atoms with Crippen molar-refractivity contribution >= 4 is 33.0 Å². The third kappa shape index (κ3) is 2.01. The van der Waals surface area contributed by atoms with Crippen LogP contribution in [0.1, 0.15) is 28.2 Å². The lowest BCUT2D eigenvalue weighted by atomic mass is 10.0. The van der Waals surface area contributed by atoms with Gasteiger partial charge in [0, 0.05) is 21.3 Å². The first-order chi connectivity index (χ1) is 8.65. The summed E-state index contributed by atoms with van der Waals surface area (Å²) in [5, 5.41) is 0.710. The van der Waals surface area contributed by atoms with Gasteiger partial charge in [-0.05, 0) is 31.0 Å². The van der Waals surface area contributed by atoms with Crippen LogP contribution in [0.5, 0.6) is 0 Å². The molecule has 0 unspecified atom stereocenters. The van der Waals surface area contributed by atoms with Gasteiger partial charge in [-0.1, -0.05) is 15.9 Å². The third-order valence-corrected chi connectivity index (χ3v) is 4.77. The largest absolute Gasteiger partial charge is 0.292 e. The molecule has 0 radical (unpaired) electrons. The Morgan fingerprint density at radius 2 is 2.17 bits per heavy atom. The van der Waals surface area contributed by atoms with Crippen molar-refractivity contribution in [2.75, 3.05) is 0 Å². The summed E-state index contributed by atoms with van der Waals surface area (Å²) in [6.45, 7) is 0. The lowest BCUT2D eigenvalue weighted by Crippen LogP contribution is -2.08. The van der Waals surface area contributed by atoms with Crippen LogP contribution in [0.25, 0.3) is 10.6 Å². The maximum absolute atomic E-state index is 13.3. The van der Waals surface area contributed by atoms with E-state index < -0.39 is 0 Å². The molecule has 0 amide bonds. The summed E-state index contributed by atoms with van der Waals surface area (Å²) >= 11 is 4.88. The molecule has 1 aliphatic rings. The molecule has 1 heterocycles. The van der Waals surface area contributed by atoms with Crippen molar-refractivity contribution in [3.63, 3.8) is 0 Å². The number of nitrogens with zero attached hydrogens (tertiary/aromatic N) is 1. The summed E-state index contributed by atoms with van der Waals surface area (Å²) in [6.07, 6.45) is 2.35. The number of carbonyl (C=O) groups excluding carboxylic acids is 1. The molecular weight excluding hydrogens is 317 g/mol. The SMILES string of the molecule is O=C1CCCc2sc(-c3cc(F)ccc3Br)nc21. The van der Waals surface area contributed by atoms with Crippen molar-refractivity contribution in [3.05, 3.63) is 39.1 Å². The van der Waals surface area contributed by atoms with Gasteiger partial charge in [0.1, 0.15) is 16.5 Å². The predicted molar refractivity (Wildman–Crippen MR) is 72.5 cm³/mol. The van der Waals surface area contributed by atoms with E-state index in [0.29, 0.717) is 22.7 Å². The molecule has 1 aromatic heterocycles. The normalized spacial score (nSPS) is 14.7. The Labute approximate surface area is 116 Å². The Hall–Kier alpha value is -1.07. The molecule has 5 heteroatoms. The highest BCUT2D eigenvalue weighted by atomic mass is 79.9. The first-order valence-electron chi connectivity index (χ1n) is 5.63. The summed E-state index contributed by atoms with van der Waals surface area (Å²) in [5.41, 5.74) is 1.29. The third-order valence-electron chi connectivity index (χ3n) is 2.93. The minimum atomic E-state index is -0.298. The quantitative estimate of drug-likeness (QED) is 0.785. The van der Waals surface area contributed by atoms with Crippen LogP contribution in [0.3, 0.4) is 0 Å². The van der Waals surface area contributed by atoms with E-state index in [0.717, 1.165) is 22.2 Å². The molecule has 0 saturated heterocycles. The van der Waals surface area contributed by atoms with E-state index in [1.54, 1.807) is 6.07 Å². The number of benzene rings is 1. The van der Waals surface area contributed by atoms with Crippen LogP contribution in [0.4, 0.5) is 4.39 Å². The maximum atomic E-state index is 13.3. The first-order valence-corrected chi connectivity index (χ1v) is 7.24. The van der Waals surface area contributed by atoms with E-state index in [2.05, 4.69) is 20.9 Å². The van der Waals surface area contributed by atoms with Gasteiger partial charge in [-0.2, -0.15) is 0 Å². The fraction of sp³-hybridized carbons (Fsp3) is 0.231. The lowest BCUT2D eigenvalue weighted by Gasteiger charge is -2.06. The van der Waals surface area contributed by atoms with Gasteiger partial charge in [-0.3, -0.25) is 4.79 Å². The molecule has 0 N–H and O–H groups in total. The molecule has 0 atom stereocenters. The zero-order valence-corrected chi connectivity index (χ0v) is 11.8. The summed E-state index contributed by atoms with van der Waals surface area (Å²) in [6, 6.07) is 4.50. The van der Waals surface area contributed by atoms with Crippen molar-refractivity contribution in [1.82, 2.24) is 4.98 Å².